The topological polar surface area (TPSA) is 39.7 Å². The highest BCUT2D eigenvalue weighted by Crippen LogP contribution is 2.18. The van der Waals surface area contributed by atoms with Crippen molar-refractivity contribution < 1.29 is 0 Å². The third-order valence-electron chi connectivity index (χ3n) is 3.74. The quantitative estimate of drug-likeness (QED) is 0.332. The zero-order valence-corrected chi connectivity index (χ0v) is 15.4. The fourth-order valence-corrected chi connectivity index (χ4v) is 2.37. The smallest absolute Gasteiger partial charge is 0.191 e. The van der Waals surface area contributed by atoms with Crippen LogP contribution in [0.4, 0.5) is 0 Å². The Morgan fingerprint density at radius 3 is 2.53 bits per heavy atom. The number of hydrogen-bond acceptors (Lipinski definition) is 2. The molecule has 1 heterocycles. The number of halogens is 1. The molecule has 2 unspecified atom stereocenters. The second kappa shape index (κ2) is 9.80. The lowest BCUT2D eigenvalue weighted by molar-refractivity contribution is 0.265. The fourth-order valence-electron chi connectivity index (χ4n) is 2.37. The van der Waals surface area contributed by atoms with Gasteiger partial charge in [0, 0.05) is 38.8 Å². The van der Waals surface area contributed by atoms with E-state index in [2.05, 4.69) is 48.2 Å². The maximum Gasteiger partial charge on any atom is 0.191 e. The van der Waals surface area contributed by atoms with Gasteiger partial charge in [0.1, 0.15) is 0 Å². The molecule has 1 rings (SSSR count). The second-order valence-corrected chi connectivity index (χ2v) is 5.63. The van der Waals surface area contributed by atoms with Gasteiger partial charge in [0.05, 0.1) is 0 Å². The molecule has 1 fully saturated rings. The summed E-state index contributed by atoms with van der Waals surface area (Å²) in [6, 6.07) is 1.15. The number of nitrogens with zero attached hydrogens (tertiary/aromatic N) is 2. The maximum atomic E-state index is 4.30. The second-order valence-electron chi connectivity index (χ2n) is 5.63. The molecule has 114 valence electrons. The van der Waals surface area contributed by atoms with E-state index in [4.69, 9.17) is 0 Å². The predicted octanol–water partition coefficient (Wildman–Crippen LogP) is 2.30. The van der Waals surface area contributed by atoms with Crippen LogP contribution in [0.3, 0.4) is 0 Å². The normalized spacial score (nSPS) is 24.4. The average molecular weight is 382 g/mol. The van der Waals surface area contributed by atoms with Crippen LogP contribution in [0.5, 0.6) is 0 Å². The third-order valence-corrected chi connectivity index (χ3v) is 3.74. The highest BCUT2D eigenvalue weighted by atomic mass is 127. The van der Waals surface area contributed by atoms with Gasteiger partial charge in [-0.2, -0.15) is 0 Å². The number of nitrogens with one attached hydrogen (secondary N) is 2. The summed E-state index contributed by atoms with van der Waals surface area (Å²) in [5, 5.41) is 6.94. The molecular formula is C14H31IN4. The van der Waals surface area contributed by atoms with E-state index >= 15 is 0 Å². The van der Waals surface area contributed by atoms with Crippen molar-refractivity contribution in [2.75, 3.05) is 26.7 Å². The van der Waals surface area contributed by atoms with E-state index in [0.29, 0.717) is 18.0 Å². The molecule has 2 N–H and O–H groups in total. The zero-order chi connectivity index (χ0) is 13.5. The highest BCUT2D eigenvalue weighted by molar-refractivity contribution is 14.0. The van der Waals surface area contributed by atoms with Crippen molar-refractivity contribution >= 4 is 29.9 Å². The molecule has 0 amide bonds. The van der Waals surface area contributed by atoms with Gasteiger partial charge in [-0.3, -0.25) is 9.89 Å². The summed E-state index contributed by atoms with van der Waals surface area (Å²) in [6.45, 7) is 12.4. The van der Waals surface area contributed by atoms with Gasteiger partial charge in [-0.1, -0.05) is 20.3 Å². The average Bonchev–Trinajstić information content (AvgIpc) is 2.70. The van der Waals surface area contributed by atoms with Gasteiger partial charge in [-0.15, -0.1) is 24.0 Å². The number of likely N-dealkylation sites (tertiary alicyclic amines) is 1. The monoisotopic (exact) mass is 382 g/mol. The van der Waals surface area contributed by atoms with E-state index in [0.717, 1.165) is 19.0 Å². The highest BCUT2D eigenvalue weighted by Gasteiger charge is 2.31. The molecule has 1 aliphatic heterocycles. The molecule has 1 saturated heterocycles. The van der Waals surface area contributed by atoms with Crippen LogP contribution < -0.4 is 10.6 Å². The summed E-state index contributed by atoms with van der Waals surface area (Å²) in [6.07, 6.45) is 2.41. The molecule has 0 aromatic rings. The van der Waals surface area contributed by atoms with Crippen LogP contribution in [0.25, 0.3) is 0 Å². The standard InChI is InChI=1S/C14H30N4.HI/c1-6-7-8-16-14(15-5)17-13-10-18(11(2)3)9-12(13)4;/h11-13H,6-10H2,1-5H3,(H2,15,16,17);1H. The molecule has 2 atom stereocenters. The number of hydrogen-bond donors (Lipinski definition) is 2. The third kappa shape index (κ3) is 6.29. The van der Waals surface area contributed by atoms with Crippen molar-refractivity contribution in [3.63, 3.8) is 0 Å². The molecule has 0 aromatic carbocycles. The van der Waals surface area contributed by atoms with Gasteiger partial charge in [0.25, 0.3) is 0 Å². The Bertz CT molecular complexity index is 268. The van der Waals surface area contributed by atoms with Crippen molar-refractivity contribution in [1.82, 2.24) is 15.5 Å². The Balaban J connectivity index is 0.00000324. The van der Waals surface area contributed by atoms with Gasteiger partial charge in [-0.05, 0) is 26.2 Å². The molecule has 0 aliphatic carbocycles. The molecule has 0 spiro atoms. The van der Waals surface area contributed by atoms with Gasteiger partial charge >= 0.3 is 0 Å². The zero-order valence-electron chi connectivity index (χ0n) is 13.1. The van der Waals surface area contributed by atoms with Crippen LogP contribution in [0, 0.1) is 5.92 Å². The minimum absolute atomic E-state index is 0. The summed E-state index contributed by atoms with van der Waals surface area (Å²) < 4.78 is 0. The van der Waals surface area contributed by atoms with Gasteiger partial charge in [0.15, 0.2) is 5.96 Å². The first-order chi connectivity index (χ1) is 8.58. The van der Waals surface area contributed by atoms with Gasteiger partial charge in [-0.25, -0.2) is 0 Å². The van der Waals surface area contributed by atoms with Crippen molar-refractivity contribution in [1.29, 1.82) is 0 Å². The summed E-state index contributed by atoms with van der Waals surface area (Å²) in [5.41, 5.74) is 0. The lowest BCUT2D eigenvalue weighted by Gasteiger charge is -2.21. The van der Waals surface area contributed by atoms with Crippen LogP contribution in [0.2, 0.25) is 0 Å². The first-order valence-electron chi connectivity index (χ1n) is 7.29. The lowest BCUT2D eigenvalue weighted by atomic mass is 10.1. The van der Waals surface area contributed by atoms with Crippen LogP contribution in [0.1, 0.15) is 40.5 Å². The number of rotatable bonds is 5. The van der Waals surface area contributed by atoms with Crippen LogP contribution in [-0.4, -0.2) is 49.6 Å². The van der Waals surface area contributed by atoms with Crippen LogP contribution in [0.15, 0.2) is 4.99 Å². The molecule has 0 saturated carbocycles. The van der Waals surface area contributed by atoms with Crippen LogP contribution >= 0.6 is 24.0 Å². The molecule has 0 bridgehead atoms. The Morgan fingerprint density at radius 2 is 2.05 bits per heavy atom. The van der Waals surface area contributed by atoms with Crippen LogP contribution in [-0.2, 0) is 0 Å². The van der Waals surface area contributed by atoms with Crippen molar-refractivity contribution in [2.24, 2.45) is 10.9 Å². The molecule has 0 aromatic heterocycles. The lowest BCUT2D eigenvalue weighted by Crippen LogP contribution is -2.47. The van der Waals surface area contributed by atoms with E-state index in [-0.39, 0.29) is 24.0 Å². The van der Waals surface area contributed by atoms with Crippen molar-refractivity contribution in [3.8, 4) is 0 Å². The van der Waals surface area contributed by atoms with Gasteiger partial charge in [0.2, 0.25) is 0 Å². The minimum Gasteiger partial charge on any atom is -0.356 e. The van der Waals surface area contributed by atoms with E-state index in [1.54, 1.807) is 0 Å². The Hall–Kier alpha value is -0.0400. The number of unbranched alkanes of at least 4 members (excludes halogenated alkanes) is 1. The number of guanidine groups is 1. The summed E-state index contributed by atoms with van der Waals surface area (Å²) in [5.74, 6) is 1.63. The Morgan fingerprint density at radius 1 is 1.37 bits per heavy atom. The molecule has 0 radical (unpaired) electrons. The largest absolute Gasteiger partial charge is 0.356 e. The van der Waals surface area contributed by atoms with Crippen molar-refractivity contribution in [3.05, 3.63) is 0 Å². The number of aliphatic imine (C=N–C) groups is 1. The predicted molar refractivity (Wildman–Crippen MR) is 94.5 cm³/mol. The van der Waals surface area contributed by atoms with Crippen molar-refractivity contribution in [2.45, 2.75) is 52.6 Å². The fraction of sp³-hybridized carbons (Fsp3) is 0.929. The van der Waals surface area contributed by atoms with E-state index in [1.165, 1.54) is 19.4 Å². The molecular weight excluding hydrogens is 351 g/mol. The minimum atomic E-state index is 0. The van der Waals surface area contributed by atoms with Gasteiger partial charge < -0.3 is 10.6 Å². The van der Waals surface area contributed by atoms with E-state index < -0.39 is 0 Å². The molecule has 1 aliphatic rings. The summed E-state index contributed by atoms with van der Waals surface area (Å²) in [4.78, 5) is 6.83. The van der Waals surface area contributed by atoms with E-state index in [1.807, 2.05) is 7.05 Å². The summed E-state index contributed by atoms with van der Waals surface area (Å²) >= 11 is 0. The molecule has 4 nitrogen and oxygen atoms in total. The SMILES string of the molecule is CCCCNC(=NC)NC1CN(C(C)C)CC1C.I. The molecule has 19 heavy (non-hydrogen) atoms. The first-order valence-corrected chi connectivity index (χ1v) is 7.29. The van der Waals surface area contributed by atoms with E-state index in [9.17, 15) is 0 Å². The Labute approximate surface area is 135 Å². The summed E-state index contributed by atoms with van der Waals surface area (Å²) in [7, 11) is 1.85. The maximum absolute atomic E-state index is 4.30. The Kier molecular flexibility index (Phi) is 9.78. The molecule has 5 heteroatoms. The first kappa shape index (κ1) is 19.0.